The third-order valence-electron chi connectivity index (χ3n) is 2.69. The second-order valence-electron chi connectivity index (χ2n) is 4.20. The summed E-state index contributed by atoms with van der Waals surface area (Å²) in [4.78, 5) is 0. The number of hydrazine groups is 1. The first-order valence-electron chi connectivity index (χ1n) is 6.32. The molecule has 104 valence electrons. The Labute approximate surface area is 123 Å². The van der Waals surface area contributed by atoms with Crippen molar-refractivity contribution in [2.24, 2.45) is 0 Å². The lowest BCUT2D eigenvalue weighted by Gasteiger charge is -2.12. The lowest BCUT2D eigenvalue weighted by Crippen LogP contribution is -2.43. The SMILES string of the molecule is C=C(NNC(=S)NCCc1ccccc1)c1ccco1. The van der Waals surface area contributed by atoms with Crippen molar-refractivity contribution in [1.29, 1.82) is 0 Å². The van der Waals surface area contributed by atoms with Gasteiger partial charge in [-0.3, -0.25) is 10.9 Å². The van der Waals surface area contributed by atoms with E-state index in [1.807, 2.05) is 24.3 Å². The molecule has 0 bridgehead atoms. The highest BCUT2D eigenvalue weighted by Gasteiger charge is 2.01. The largest absolute Gasteiger partial charge is 0.463 e. The summed E-state index contributed by atoms with van der Waals surface area (Å²) in [7, 11) is 0. The molecule has 1 aromatic carbocycles. The molecule has 0 amide bonds. The number of hydrogen-bond donors (Lipinski definition) is 3. The van der Waals surface area contributed by atoms with Crippen molar-refractivity contribution < 1.29 is 4.42 Å². The van der Waals surface area contributed by atoms with Crippen LogP contribution in [0.3, 0.4) is 0 Å². The average Bonchev–Trinajstić information content (AvgIpc) is 3.00. The Kier molecular flexibility index (Phi) is 5.20. The highest BCUT2D eigenvalue weighted by Crippen LogP contribution is 2.07. The summed E-state index contributed by atoms with van der Waals surface area (Å²) in [5, 5.41) is 3.64. The topological polar surface area (TPSA) is 49.2 Å². The van der Waals surface area contributed by atoms with Crippen molar-refractivity contribution in [3.8, 4) is 0 Å². The van der Waals surface area contributed by atoms with Crippen molar-refractivity contribution in [3.05, 3.63) is 66.6 Å². The summed E-state index contributed by atoms with van der Waals surface area (Å²) >= 11 is 5.16. The van der Waals surface area contributed by atoms with Gasteiger partial charge in [0, 0.05) is 6.54 Å². The Morgan fingerprint density at radius 1 is 1.10 bits per heavy atom. The van der Waals surface area contributed by atoms with Crippen molar-refractivity contribution in [2.75, 3.05) is 6.54 Å². The Hall–Kier alpha value is -2.27. The van der Waals surface area contributed by atoms with E-state index >= 15 is 0 Å². The zero-order chi connectivity index (χ0) is 14.2. The van der Waals surface area contributed by atoms with Crippen LogP contribution in [0.1, 0.15) is 11.3 Å². The standard InChI is InChI=1S/C15H17N3OS/c1-12(14-8-5-11-19-14)17-18-15(20)16-10-9-13-6-3-2-4-7-13/h2-8,11,17H,1,9-10H2,(H2,16,18,20). The molecule has 4 nitrogen and oxygen atoms in total. The summed E-state index contributed by atoms with van der Waals surface area (Å²) < 4.78 is 5.20. The number of nitrogens with one attached hydrogen (secondary N) is 3. The van der Waals surface area contributed by atoms with E-state index in [9.17, 15) is 0 Å². The zero-order valence-electron chi connectivity index (χ0n) is 11.1. The van der Waals surface area contributed by atoms with Gasteiger partial charge in [0.1, 0.15) is 0 Å². The number of hydrogen-bond acceptors (Lipinski definition) is 3. The normalized spacial score (nSPS) is 9.80. The first-order valence-corrected chi connectivity index (χ1v) is 6.73. The fourth-order valence-corrected chi connectivity index (χ4v) is 1.81. The molecule has 0 saturated heterocycles. The highest BCUT2D eigenvalue weighted by molar-refractivity contribution is 7.80. The first-order chi connectivity index (χ1) is 9.75. The van der Waals surface area contributed by atoms with Gasteiger partial charge in [-0.1, -0.05) is 36.9 Å². The molecule has 0 radical (unpaired) electrons. The minimum Gasteiger partial charge on any atom is -0.463 e. The maximum atomic E-state index is 5.20. The van der Waals surface area contributed by atoms with Crippen LogP contribution in [0.25, 0.3) is 5.70 Å². The lowest BCUT2D eigenvalue weighted by atomic mass is 10.1. The van der Waals surface area contributed by atoms with Crippen LogP contribution in [0.2, 0.25) is 0 Å². The van der Waals surface area contributed by atoms with Gasteiger partial charge < -0.3 is 9.73 Å². The second-order valence-corrected chi connectivity index (χ2v) is 4.61. The van der Waals surface area contributed by atoms with Crippen molar-refractivity contribution >= 4 is 23.0 Å². The van der Waals surface area contributed by atoms with Gasteiger partial charge in [-0.25, -0.2) is 0 Å². The van der Waals surface area contributed by atoms with Crippen molar-refractivity contribution in [2.45, 2.75) is 6.42 Å². The van der Waals surface area contributed by atoms with Crippen LogP contribution in [0, 0.1) is 0 Å². The summed E-state index contributed by atoms with van der Waals surface area (Å²) in [6.07, 6.45) is 2.51. The number of furan rings is 1. The van der Waals surface area contributed by atoms with Gasteiger partial charge in [0.15, 0.2) is 10.9 Å². The van der Waals surface area contributed by atoms with E-state index in [1.165, 1.54) is 5.56 Å². The maximum Gasteiger partial charge on any atom is 0.185 e. The second kappa shape index (κ2) is 7.35. The molecule has 2 aromatic rings. The molecular weight excluding hydrogens is 270 g/mol. The summed E-state index contributed by atoms with van der Waals surface area (Å²) in [5.74, 6) is 0.671. The predicted octanol–water partition coefficient (Wildman–Crippen LogP) is 2.46. The Bertz CT molecular complexity index is 552. The Balaban J connectivity index is 1.65. The molecule has 3 N–H and O–H groups in total. The molecule has 0 fully saturated rings. The van der Waals surface area contributed by atoms with Crippen LogP contribution in [-0.4, -0.2) is 11.7 Å². The minimum atomic E-state index is 0.522. The van der Waals surface area contributed by atoms with Crippen LogP contribution >= 0.6 is 12.2 Å². The number of thiocarbonyl (C=S) groups is 1. The van der Waals surface area contributed by atoms with Crippen LogP contribution < -0.4 is 16.2 Å². The average molecular weight is 287 g/mol. The summed E-state index contributed by atoms with van der Waals surface area (Å²) in [6, 6.07) is 13.9. The molecule has 0 aliphatic rings. The predicted molar refractivity (Wildman–Crippen MR) is 84.8 cm³/mol. The minimum absolute atomic E-state index is 0.522. The van der Waals surface area contributed by atoms with Gasteiger partial charge >= 0.3 is 0 Å². The van der Waals surface area contributed by atoms with Gasteiger partial charge in [-0.15, -0.1) is 0 Å². The van der Waals surface area contributed by atoms with Gasteiger partial charge in [-0.05, 0) is 36.3 Å². The zero-order valence-corrected chi connectivity index (χ0v) is 11.9. The maximum absolute atomic E-state index is 5.20. The van der Waals surface area contributed by atoms with Gasteiger partial charge in [0.05, 0.1) is 12.0 Å². The Morgan fingerprint density at radius 3 is 2.60 bits per heavy atom. The van der Waals surface area contributed by atoms with E-state index in [1.54, 1.807) is 12.3 Å². The molecule has 1 aromatic heterocycles. The van der Waals surface area contributed by atoms with Crippen LogP contribution in [0.4, 0.5) is 0 Å². The molecule has 1 heterocycles. The third kappa shape index (κ3) is 4.44. The quantitative estimate of drug-likeness (QED) is 0.563. The molecule has 0 unspecified atom stereocenters. The lowest BCUT2D eigenvalue weighted by molar-refractivity contribution is 0.545. The van der Waals surface area contributed by atoms with Crippen molar-refractivity contribution in [3.63, 3.8) is 0 Å². The molecule has 0 aliphatic heterocycles. The van der Waals surface area contributed by atoms with E-state index in [4.69, 9.17) is 16.6 Å². The van der Waals surface area contributed by atoms with Crippen LogP contribution in [0.5, 0.6) is 0 Å². The van der Waals surface area contributed by atoms with Crippen LogP contribution in [-0.2, 0) is 6.42 Å². The van der Waals surface area contributed by atoms with Gasteiger partial charge in [-0.2, -0.15) is 0 Å². The van der Waals surface area contributed by atoms with Gasteiger partial charge in [0.25, 0.3) is 0 Å². The monoisotopic (exact) mass is 287 g/mol. The number of rotatable bonds is 6. The van der Waals surface area contributed by atoms with E-state index < -0.39 is 0 Å². The molecule has 0 atom stereocenters. The highest BCUT2D eigenvalue weighted by atomic mass is 32.1. The first kappa shape index (κ1) is 14.1. The molecule has 2 rings (SSSR count). The van der Waals surface area contributed by atoms with E-state index in [0.717, 1.165) is 13.0 Å². The molecule has 0 aliphatic carbocycles. The van der Waals surface area contributed by atoms with E-state index in [-0.39, 0.29) is 0 Å². The molecule has 20 heavy (non-hydrogen) atoms. The molecule has 0 spiro atoms. The smallest absolute Gasteiger partial charge is 0.185 e. The summed E-state index contributed by atoms with van der Waals surface area (Å²) in [5.41, 5.74) is 7.66. The van der Waals surface area contributed by atoms with E-state index in [0.29, 0.717) is 16.6 Å². The van der Waals surface area contributed by atoms with Gasteiger partial charge in [0.2, 0.25) is 0 Å². The summed E-state index contributed by atoms with van der Waals surface area (Å²) in [6.45, 7) is 4.61. The van der Waals surface area contributed by atoms with E-state index in [2.05, 4.69) is 34.9 Å². The molecule has 0 saturated carbocycles. The fourth-order valence-electron chi connectivity index (χ4n) is 1.65. The Morgan fingerprint density at radius 2 is 1.90 bits per heavy atom. The number of benzene rings is 1. The third-order valence-corrected chi connectivity index (χ3v) is 2.93. The van der Waals surface area contributed by atoms with Crippen molar-refractivity contribution in [1.82, 2.24) is 16.2 Å². The molecular formula is C15H17N3OS. The fraction of sp³-hybridized carbons (Fsp3) is 0.133. The van der Waals surface area contributed by atoms with Crippen LogP contribution in [0.15, 0.2) is 59.7 Å². The molecule has 5 heteroatoms.